The number of nitrogens with one attached hydrogen (secondary N) is 1. The van der Waals surface area contributed by atoms with Gasteiger partial charge in [0.05, 0.1) is 17.2 Å². The summed E-state index contributed by atoms with van der Waals surface area (Å²) in [6, 6.07) is 14.1. The van der Waals surface area contributed by atoms with Crippen LogP contribution in [0.15, 0.2) is 48.7 Å². The van der Waals surface area contributed by atoms with Gasteiger partial charge in [0.1, 0.15) is 0 Å². The van der Waals surface area contributed by atoms with Crippen LogP contribution in [0.2, 0.25) is 0 Å². The summed E-state index contributed by atoms with van der Waals surface area (Å²) in [6.45, 7) is 0. The maximum atomic E-state index is 6.12. The molecule has 0 saturated heterocycles. The van der Waals surface area contributed by atoms with E-state index >= 15 is 0 Å². The molecule has 3 N–H and O–H groups in total. The normalized spacial score (nSPS) is 11.6. The van der Waals surface area contributed by atoms with E-state index in [1.165, 1.54) is 5.39 Å². The van der Waals surface area contributed by atoms with E-state index in [4.69, 9.17) is 5.73 Å². The molecule has 2 aromatic heterocycles. The van der Waals surface area contributed by atoms with Gasteiger partial charge in [-0.2, -0.15) is 0 Å². The topological polar surface area (TPSA) is 54.7 Å². The molecule has 86 valence electrons. The van der Waals surface area contributed by atoms with E-state index in [9.17, 15) is 0 Å². The summed E-state index contributed by atoms with van der Waals surface area (Å²) in [5.74, 6) is 0. The van der Waals surface area contributed by atoms with Gasteiger partial charge < -0.3 is 10.7 Å². The highest BCUT2D eigenvalue weighted by atomic mass is 14.8. The number of hydrogen-bond acceptors (Lipinski definition) is 2. The summed E-state index contributed by atoms with van der Waals surface area (Å²) in [5.41, 5.74) is 9.97. The van der Waals surface area contributed by atoms with Crippen molar-refractivity contribution in [2.24, 2.45) is 0 Å². The highest BCUT2D eigenvalue weighted by Crippen LogP contribution is 2.33. The molecule has 0 saturated carbocycles. The standard InChI is InChI=1S/C15H11N3/c16-10-5-3-7-12-15(10)14-9-4-1-2-6-11(9)18-13(14)8-17-12/h1-8,18H,16H2. The molecule has 3 nitrogen and oxygen atoms in total. The Labute approximate surface area is 103 Å². The van der Waals surface area contributed by atoms with Crippen LogP contribution in [0.3, 0.4) is 0 Å². The lowest BCUT2D eigenvalue weighted by atomic mass is 10.1. The Morgan fingerprint density at radius 1 is 0.889 bits per heavy atom. The number of benzene rings is 2. The minimum absolute atomic E-state index is 0.773. The van der Waals surface area contributed by atoms with Crippen LogP contribution < -0.4 is 5.73 Å². The zero-order valence-electron chi connectivity index (χ0n) is 9.64. The van der Waals surface area contributed by atoms with Gasteiger partial charge in [-0.25, -0.2) is 0 Å². The van der Waals surface area contributed by atoms with Crippen LogP contribution >= 0.6 is 0 Å². The van der Waals surface area contributed by atoms with Crippen LogP contribution in [0.25, 0.3) is 32.7 Å². The van der Waals surface area contributed by atoms with Crippen molar-refractivity contribution >= 4 is 38.4 Å². The number of nitrogen functional groups attached to an aromatic ring is 1. The Hall–Kier alpha value is -2.55. The van der Waals surface area contributed by atoms with Crippen molar-refractivity contribution in [3.8, 4) is 0 Å². The minimum atomic E-state index is 0.773. The third-order valence-corrected chi connectivity index (χ3v) is 3.39. The van der Waals surface area contributed by atoms with E-state index in [0.29, 0.717) is 0 Å². The molecule has 2 aromatic carbocycles. The molecule has 0 fully saturated rings. The largest absolute Gasteiger partial charge is 0.398 e. The number of aromatic amines is 1. The maximum absolute atomic E-state index is 6.12. The average Bonchev–Trinajstić information content (AvgIpc) is 2.77. The van der Waals surface area contributed by atoms with Crippen molar-refractivity contribution in [3.05, 3.63) is 48.7 Å². The maximum Gasteiger partial charge on any atom is 0.0730 e. The highest BCUT2D eigenvalue weighted by molar-refractivity contribution is 6.22. The van der Waals surface area contributed by atoms with Gasteiger partial charge in [0.2, 0.25) is 0 Å². The Balaban J connectivity index is 2.40. The van der Waals surface area contributed by atoms with E-state index in [0.717, 1.165) is 33.0 Å². The molecule has 0 bridgehead atoms. The van der Waals surface area contributed by atoms with E-state index in [2.05, 4.69) is 22.1 Å². The Morgan fingerprint density at radius 3 is 2.72 bits per heavy atom. The number of hydrogen-bond donors (Lipinski definition) is 2. The van der Waals surface area contributed by atoms with Crippen molar-refractivity contribution in [1.29, 1.82) is 0 Å². The molecule has 0 aliphatic rings. The molecule has 0 atom stereocenters. The molecular weight excluding hydrogens is 222 g/mol. The number of fused-ring (bicyclic) bond motifs is 5. The SMILES string of the molecule is Nc1cccc2ncc3[nH]c4ccccc4c3c12. The molecule has 4 aromatic rings. The molecule has 4 rings (SSSR count). The number of H-pyrrole nitrogens is 1. The predicted octanol–water partition coefficient (Wildman–Crippen LogP) is 3.45. The fraction of sp³-hybridized carbons (Fsp3) is 0. The van der Waals surface area contributed by atoms with Gasteiger partial charge in [-0.15, -0.1) is 0 Å². The van der Waals surface area contributed by atoms with Crippen molar-refractivity contribution in [3.63, 3.8) is 0 Å². The molecule has 3 heteroatoms. The van der Waals surface area contributed by atoms with Crippen LogP contribution in [-0.4, -0.2) is 9.97 Å². The zero-order valence-corrected chi connectivity index (χ0v) is 9.64. The first-order valence-corrected chi connectivity index (χ1v) is 5.88. The average molecular weight is 233 g/mol. The summed E-state index contributed by atoms with van der Waals surface area (Å²) < 4.78 is 0. The molecule has 0 unspecified atom stereocenters. The molecule has 2 heterocycles. The van der Waals surface area contributed by atoms with Gasteiger partial charge in [-0.1, -0.05) is 24.3 Å². The van der Waals surface area contributed by atoms with Crippen LogP contribution in [-0.2, 0) is 0 Å². The van der Waals surface area contributed by atoms with Gasteiger partial charge in [0.15, 0.2) is 0 Å². The fourth-order valence-corrected chi connectivity index (χ4v) is 2.60. The van der Waals surface area contributed by atoms with E-state index in [1.54, 1.807) is 0 Å². The van der Waals surface area contributed by atoms with Crippen LogP contribution in [0.4, 0.5) is 5.69 Å². The zero-order chi connectivity index (χ0) is 12.1. The quantitative estimate of drug-likeness (QED) is 0.457. The van der Waals surface area contributed by atoms with Crippen molar-refractivity contribution in [1.82, 2.24) is 9.97 Å². The molecular formula is C15H11N3. The van der Waals surface area contributed by atoms with Crippen LogP contribution in [0.1, 0.15) is 0 Å². The molecule has 0 aliphatic carbocycles. The van der Waals surface area contributed by atoms with Crippen molar-refractivity contribution in [2.75, 3.05) is 5.73 Å². The second-order valence-corrected chi connectivity index (χ2v) is 4.46. The number of nitrogens with zero attached hydrogens (tertiary/aromatic N) is 1. The summed E-state index contributed by atoms with van der Waals surface area (Å²) in [7, 11) is 0. The summed E-state index contributed by atoms with van der Waals surface area (Å²) in [5, 5.41) is 3.39. The second-order valence-electron chi connectivity index (χ2n) is 4.46. The second kappa shape index (κ2) is 3.23. The number of pyridine rings is 1. The van der Waals surface area contributed by atoms with Crippen LogP contribution in [0.5, 0.6) is 0 Å². The Bertz CT molecular complexity index is 890. The third-order valence-electron chi connectivity index (χ3n) is 3.39. The molecule has 0 amide bonds. The number of para-hydroxylation sites is 1. The molecule has 0 spiro atoms. The molecule has 0 aliphatic heterocycles. The first-order chi connectivity index (χ1) is 8.84. The van der Waals surface area contributed by atoms with Crippen LogP contribution in [0, 0.1) is 0 Å². The van der Waals surface area contributed by atoms with Gasteiger partial charge in [-0.05, 0) is 18.2 Å². The first kappa shape index (κ1) is 9.48. The number of nitrogens with two attached hydrogens (primary N) is 1. The number of aromatic nitrogens is 2. The van der Waals surface area contributed by atoms with Gasteiger partial charge in [0, 0.05) is 27.4 Å². The minimum Gasteiger partial charge on any atom is -0.398 e. The van der Waals surface area contributed by atoms with Gasteiger partial charge >= 0.3 is 0 Å². The smallest absolute Gasteiger partial charge is 0.0730 e. The Kier molecular flexibility index (Phi) is 1.70. The van der Waals surface area contributed by atoms with Gasteiger partial charge in [-0.3, -0.25) is 4.98 Å². The van der Waals surface area contributed by atoms with E-state index < -0.39 is 0 Å². The summed E-state index contributed by atoms with van der Waals surface area (Å²) in [6.07, 6.45) is 1.87. The Morgan fingerprint density at radius 2 is 1.78 bits per heavy atom. The lowest BCUT2D eigenvalue weighted by Crippen LogP contribution is -1.88. The van der Waals surface area contributed by atoms with Gasteiger partial charge in [0.25, 0.3) is 0 Å². The first-order valence-electron chi connectivity index (χ1n) is 5.88. The molecule has 0 radical (unpaired) electrons. The predicted molar refractivity (Wildman–Crippen MR) is 75.5 cm³/mol. The molecule has 18 heavy (non-hydrogen) atoms. The van der Waals surface area contributed by atoms with Crippen molar-refractivity contribution in [2.45, 2.75) is 0 Å². The lowest BCUT2D eigenvalue weighted by Gasteiger charge is -2.02. The number of anilines is 1. The third kappa shape index (κ3) is 1.10. The lowest BCUT2D eigenvalue weighted by molar-refractivity contribution is 1.41. The number of rotatable bonds is 0. The monoisotopic (exact) mass is 233 g/mol. The van der Waals surface area contributed by atoms with E-state index in [1.807, 2.05) is 36.5 Å². The van der Waals surface area contributed by atoms with E-state index in [-0.39, 0.29) is 0 Å². The van der Waals surface area contributed by atoms with Crippen molar-refractivity contribution < 1.29 is 0 Å². The highest BCUT2D eigenvalue weighted by Gasteiger charge is 2.10. The summed E-state index contributed by atoms with van der Waals surface area (Å²) in [4.78, 5) is 7.83. The summed E-state index contributed by atoms with van der Waals surface area (Å²) >= 11 is 0. The fourth-order valence-electron chi connectivity index (χ4n) is 2.60.